The molecule has 7 nitrogen and oxygen atoms in total. The Morgan fingerprint density at radius 1 is 1.25 bits per heavy atom. The molecule has 24 heavy (non-hydrogen) atoms. The summed E-state index contributed by atoms with van der Waals surface area (Å²) >= 11 is 0. The van der Waals surface area contributed by atoms with Gasteiger partial charge >= 0.3 is 5.97 Å². The lowest BCUT2D eigenvalue weighted by atomic mass is 10.0. The molecule has 0 bridgehead atoms. The van der Waals surface area contributed by atoms with Gasteiger partial charge in [-0.05, 0) is 24.5 Å². The number of rotatable bonds is 7. The van der Waals surface area contributed by atoms with Gasteiger partial charge in [-0.25, -0.2) is 4.68 Å². The van der Waals surface area contributed by atoms with Crippen LogP contribution in [0.3, 0.4) is 0 Å². The third-order valence-corrected chi connectivity index (χ3v) is 3.49. The van der Waals surface area contributed by atoms with Crippen LogP contribution in [0.25, 0.3) is 5.69 Å². The normalized spacial score (nSPS) is 12.1. The van der Waals surface area contributed by atoms with Gasteiger partial charge < -0.3 is 10.4 Å². The lowest BCUT2D eigenvalue weighted by Gasteiger charge is -2.18. The van der Waals surface area contributed by atoms with E-state index in [1.807, 2.05) is 19.9 Å². The maximum Gasteiger partial charge on any atom is 0.305 e. The Balaban J connectivity index is 2.17. The summed E-state index contributed by atoms with van der Waals surface area (Å²) < 4.78 is 1.27. The van der Waals surface area contributed by atoms with Gasteiger partial charge in [-0.15, -0.1) is 0 Å². The topological polar surface area (TPSA) is 104 Å². The van der Waals surface area contributed by atoms with Crippen molar-refractivity contribution in [1.82, 2.24) is 15.1 Å². The van der Waals surface area contributed by atoms with Crippen LogP contribution in [0, 0.1) is 5.92 Å². The van der Waals surface area contributed by atoms with Crippen LogP contribution < -0.4 is 10.9 Å². The third-order valence-electron chi connectivity index (χ3n) is 3.49. The van der Waals surface area contributed by atoms with E-state index in [0.29, 0.717) is 12.1 Å². The van der Waals surface area contributed by atoms with E-state index < -0.39 is 17.9 Å². The predicted octanol–water partition coefficient (Wildman–Crippen LogP) is 1.78. The standard InChI is InChI=1S/C17H21N3O4/c1-11(2)8-12(9-16(22)23)18-17(24)14-10-15(21)20(19-14)13-6-4-3-5-7-13/h3-7,10-12,19H,8-9H2,1-2H3,(H,18,24)(H,22,23). The monoisotopic (exact) mass is 331 g/mol. The maximum absolute atomic E-state index is 12.3. The van der Waals surface area contributed by atoms with Crippen LogP contribution in [0.1, 0.15) is 37.2 Å². The molecular weight excluding hydrogens is 310 g/mol. The van der Waals surface area contributed by atoms with Crippen LogP contribution in [-0.4, -0.2) is 32.8 Å². The molecule has 2 aromatic rings. The molecular formula is C17H21N3O4. The number of benzene rings is 1. The number of carboxylic acids is 1. The highest BCUT2D eigenvalue weighted by Gasteiger charge is 2.20. The van der Waals surface area contributed by atoms with Crippen LogP contribution in [0.15, 0.2) is 41.2 Å². The first-order valence-electron chi connectivity index (χ1n) is 7.77. The fourth-order valence-electron chi connectivity index (χ4n) is 2.52. The summed E-state index contributed by atoms with van der Waals surface area (Å²) in [5.41, 5.74) is 0.360. The maximum atomic E-state index is 12.3. The number of amides is 1. The van der Waals surface area contributed by atoms with Gasteiger partial charge in [0.1, 0.15) is 5.69 Å². The molecule has 2 rings (SSSR count). The minimum absolute atomic E-state index is 0.1000. The molecule has 1 amide bonds. The van der Waals surface area contributed by atoms with E-state index in [4.69, 9.17) is 5.11 Å². The molecule has 0 aliphatic rings. The Hall–Kier alpha value is -2.83. The van der Waals surface area contributed by atoms with Crippen LogP contribution in [0.4, 0.5) is 0 Å². The minimum atomic E-state index is -0.976. The zero-order valence-corrected chi connectivity index (χ0v) is 13.7. The van der Waals surface area contributed by atoms with Crippen molar-refractivity contribution in [2.75, 3.05) is 0 Å². The van der Waals surface area contributed by atoms with E-state index in [0.717, 1.165) is 0 Å². The van der Waals surface area contributed by atoms with Gasteiger partial charge in [-0.1, -0.05) is 32.0 Å². The molecule has 0 spiro atoms. The number of nitrogens with one attached hydrogen (secondary N) is 2. The quantitative estimate of drug-likeness (QED) is 0.719. The van der Waals surface area contributed by atoms with Crippen LogP contribution in [0.2, 0.25) is 0 Å². The molecule has 0 aliphatic heterocycles. The van der Waals surface area contributed by atoms with Gasteiger partial charge in [-0.3, -0.25) is 19.5 Å². The molecule has 128 valence electrons. The summed E-state index contributed by atoms with van der Waals surface area (Å²) in [6.45, 7) is 3.91. The summed E-state index contributed by atoms with van der Waals surface area (Å²) in [4.78, 5) is 35.3. The van der Waals surface area contributed by atoms with Gasteiger partial charge in [0.25, 0.3) is 11.5 Å². The number of aromatic nitrogens is 2. The number of hydrogen-bond donors (Lipinski definition) is 3. The molecule has 0 aliphatic carbocycles. The predicted molar refractivity (Wildman–Crippen MR) is 89.4 cm³/mol. The Labute approximate surface area is 139 Å². The van der Waals surface area contributed by atoms with Crippen molar-refractivity contribution in [2.24, 2.45) is 5.92 Å². The molecule has 1 aromatic heterocycles. The summed E-state index contributed by atoms with van der Waals surface area (Å²) in [7, 11) is 0. The van der Waals surface area contributed by atoms with E-state index in [9.17, 15) is 14.4 Å². The van der Waals surface area contributed by atoms with Crippen molar-refractivity contribution in [2.45, 2.75) is 32.7 Å². The minimum Gasteiger partial charge on any atom is -0.481 e. The molecule has 1 atom stereocenters. The van der Waals surface area contributed by atoms with Crippen molar-refractivity contribution >= 4 is 11.9 Å². The summed E-state index contributed by atoms with van der Waals surface area (Å²) in [5, 5.41) is 14.4. The van der Waals surface area contributed by atoms with Crippen LogP contribution in [0.5, 0.6) is 0 Å². The van der Waals surface area contributed by atoms with Gasteiger partial charge in [0.15, 0.2) is 0 Å². The molecule has 1 aromatic carbocycles. The number of carbonyl (C=O) groups excluding carboxylic acids is 1. The van der Waals surface area contributed by atoms with Gasteiger partial charge in [0.05, 0.1) is 12.1 Å². The molecule has 3 N–H and O–H groups in total. The summed E-state index contributed by atoms with van der Waals surface area (Å²) in [5.74, 6) is -1.23. The number of carboxylic acid groups (broad SMARTS) is 1. The molecule has 7 heteroatoms. The third kappa shape index (κ3) is 4.58. The molecule has 0 saturated heterocycles. The molecule has 0 saturated carbocycles. The Morgan fingerprint density at radius 3 is 2.50 bits per heavy atom. The van der Waals surface area contributed by atoms with Gasteiger partial charge in [0, 0.05) is 12.1 Å². The van der Waals surface area contributed by atoms with Crippen molar-refractivity contribution < 1.29 is 14.7 Å². The summed E-state index contributed by atoms with van der Waals surface area (Å²) in [6, 6.07) is 9.60. The molecule has 0 fully saturated rings. The highest BCUT2D eigenvalue weighted by atomic mass is 16.4. The first kappa shape index (κ1) is 17.5. The Bertz CT molecular complexity index is 762. The average molecular weight is 331 g/mol. The number of carbonyl (C=O) groups is 2. The second-order valence-corrected chi connectivity index (χ2v) is 6.08. The summed E-state index contributed by atoms with van der Waals surface area (Å²) in [6.07, 6.45) is 0.384. The Kier molecular flexibility index (Phi) is 5.57. The van der Waals surface area contributed by atoms with Gasteiger partial charge in [0.2, 0.25) is 0 Å². The lowest BCUT2D eigenvalue weighted by molar-refractivity contribution is -0.137. The largest absolute Gasteiger partial charge is 0.481 e. The van der Waals surface area contributed by atoms with Crippen molar-refractivity contribution in [1.29, 1.82) is 0 Å². The smallest absolute Gasteiger partial charge is 0.305 e. The molecule has 0 radical (unpaired) electrons. The zero-order chi connectivity index (χ0) is 17.7. The first-order valence-corrected chi connectivity index (χ1v) is 7.77. The van der Waals surface area contributed by atoms with Gasteiger partial charge in [-0.2, -0.15) is 0 Å². The number of aromatic amines is 1. The van der Waals surface area contributed by atoms with Crippen LogP contribution in [-0.2, 0) is 4.79 Å². The second kappa shape index (κ2) is 7.63. The number of hydrogen-bond acceptors (Lipinski definition) is 3. The number of aliphatic carboxylic acids is 1. The SMILES string of the molecule is CC(C)CC(CC(=O)O)NC(=O)c1cc(=O)n(-c2ccccc2)[nH]1. The average Bonchev–Trinajstić information content (AvgIpc) is 2.89. The van der Waals surface area contributed by atoms with Crippen molar-refractivity contribution in [3.63, 3.8) is 0 Å². The van der Waals surface area contributed by atoms with E-state index in [1.165, 1.54) is 10.7 Å². The van der Waals surface area contributed by atoms with E-state index in [2.05, 4.69) is 10.4 Å². The second-order valence-electron chi connectivity index (χ2n) is 6.08. The Morgan fingerprint density at radius 2 is 1.92 bits per heavy atom. The fraction of sp³-hybridized carbons (Fsp3) is 0.353. The lowest BCUT2D eigenvalue weighted by Crippen LogP contribution is -2.37. The van der Waals surface area contributed by atoms with E-state index in [1.54, 1.807) is 24.3 Å². The highest BCUT2D eigenvalue weighted by Crippen LogP contribution is 2.09. The number of para-hydroxylation sites is 1. The van der Waals surface area contributed by atoms with Crippen molar-refractivity contribution in [3.8, 4) is 5.69 Å². The molecule has 1 heterocycles. The van der Waals surface area contributed by atoms with E-state index >= 15 is 0 Å². The number of nitrogens with zero attached hydrogens (tertiary/aromatic N) is 1. The fourth-order valence-corrected chi connectivity index (χ4v) is 2.52. The first-order chi connectivity index (χ1) is 11.4. The van der Waals surface area contributed by atoms with Crippen molar-refractivity contribution in [3.05, 3.63) is 52.4 Å². The van der Waals surface area contributed by atoms with E-state index in [-0.39, 0.29) is 23.6 Å². The zero-order valence-electron chi connectivity index (χ0n) is 13.7. The van der Waals surface area contributed by atoms with Crippen LogP contribution >= 0.6 is 0 Å². The number of H-pyrrole nitrogens is 1. The highest BCUT2D eigenvalue weighted by molar-refractivity contribution is 5.92. The molecule has 1 unspecified atom stereocenters.